The molecule has 7 heteroatoms. The standard InChI is InChI=1S/C19H18N2O5/c1-3-19(12-5-4-8-20-10-12)14-7-6-13(23)9-15(14)26-17(21-11(2)22)16(19)18(24)25/h4-10,23H,3H2,1-2H3,(H,21,22)(H,24,25). The number of aromatic nitrogens is 1. The van der Waals surface area contributed by atoms with Crippen molar-refractivity contribution in [1.82, 2.24) is 10.3 Å². The number of aromatic hydroxyl groups is 1. The number of hydrogen-bond acceptors (Lipinski definition) is 5. The normalized spacial score (nSPS) is 18.7. The molecule has 134 valence electrons. The van der Waals surface area contributed by atoms with Gasteiger partial charge in [0, 0.05) is 30.9 Å². The number of rotatable bonds is 4. The van der Waals surface area contributed by atoms with E-state index in [1.807, 2.05) is 6.92 Å². The molecule has 0 spiro atoms. The van der Waals surface area contributed by atoms with Crippen LogP contribution in [-0.2, 0) is 15.0 Å². The van der Waals surface area contributed by atoms with E-state index in [9.17, 15) is 19.8 Å². The minimum absolute atomic E-state index is 0.0270. The Morgan fingerprint density at radius 3 is 2.65 bits per heavy atom. The third kappa shape index (κ3) is 2.67. The van der Waals surface area contributed by atoms with Crippen LogP contribution in [0.2, 0.25) is 0 Å². The van der Waals surface area contributed by atoms with Crippen LogP contribution in [0.5, 0.6) is 11.5 Å². The molecule has 1 atom stereocenters. The van der Waals surface area contributed by atoms with Gasteiger partial charge in [0.1, 0.15) is 17.1 Å². The summed E-state index contributed by atoms with van der Waals surface area (Å²) in [5.74, 6) is -1.57. The third-order valence-electron chi connectivity index (χ3n) is 4.48. The number of fused-ring (bicyclic) bond motifs is 1. The van der Waals surface area contributed by atoms with E-state index in [0.29, 0.717) is 17.5 Å². The Kier molecular flexibility index (Phi) is 4.38. The molecule has 7 nitrogen and oxygen atoms in total. The van der Waals surface area contributed by atoms with E-state index in [1.165, 1.54) is 19.1 Å². The lowest BCUT2D eigenvalue weighted by molar-refractivity contribution is -0.133. The van der Waals surface area contributed by atoms with Gasteiger partial charge in [-0.1, -0.05) is 19.1 Å². The average Bonchev–Trinajstić information content (AvgIpc) is 2.60. The second-order valence-corrected chi connectivity index (χ2v) is 5.97. The van der Waals surface area contributed by atoms with Crippen LogP contribution in [0.3, 0.4) is 0 Å². The highest BCUT2D eigenvalue weighted by molar-refractivity contribution is 5.94. The van der Waals surface area contributed by atoms with Crippen molar-refractivity contribution in [2.45, 2.75) is 25.7 Å². The first-order valence-electron chi connectivity index (χ1n) is 8.07. The number of phenolic OH excluding ortho intramolecular Hbond substituents is 1. The molecule has 2 heterocycles. The first kappa shape index (κ1) is 17.5. The maximum atomic E-state index is 12.2. The lowest BCUT2D eigenvalue weighted by atomic mass is 9.66. The van der Waals surface area contributed by atoms with Crippen LogP contribution in [0.15, 0.2) is 54.2 Å². The number of phenols is 1. The SMILES string of the molecule is CCC1(c2cccnc2)C(C(=O)O)=C(NC(C)=O)Oc2cc(O)ccc21. The van der Waals surface area contributed by atoms with E-state index < -0.39 is 17.3 Å². The molecule has 0 bridgehead atoms. The zero-order valence-corrected chi connectivity index (χ0v) is 14.3. The fourth-order valence-corrected chi connectivity index (χ4v) is 3.45. The zero-order valence-electron chi connectivity index (χ0n) is 14.3. The largest absolute Gasteiger partial charge is 0.508 e. The highest BCUT2D eigenvalue weighted by atomic mass is 16.5. The summed E-state index contributed by atoms with van der Waals surface area (Å²) in [7, 11) is 0. The summed E-state index contributed by atoms with van der Waals surface area (Å²) in [4.78, 5) is 28.0. The Morgan fingerprint density at radius 1 is 1.31 bits per heavy atom. The predicted octanol–water partition coefficient (Wildman–Crippen LogP) is 2.31. The van der Waals surface area contributed by atoms with Gasteiger partial charge in [-0.15, -0.1) is 0 Å². The Balaban J connectivity index is 2.40. The summed E-state index contributed by atoms with van der Waals surface area (Å²) in [5, 5.41) is 22.3. The van der Waals surface area contributed by atoms with Crippen LogP contribution in [0.25, 0.3) is 0 Å². The van der Waals surface area contributed by atoms with Crippen molar-refractivity contribution in [1.29, 1.82) is 0 Å². The molecule has 1 aromatic heterocycles. The lowest BCUT2D eigenvalue weighted by Crippen LogP contribution is -2.42. The molecule has 0 fully saturated rings. The van der Waals surface area contributed by atoms with Gasteiger partial charge >= 0.3 is 5.97 Å². The van der Waals surface area contributed by atoms with Crippen LogP contribution in [0.1, 0.15) is 31.4 Å². The van der Waals surface area contributed by atoms with Gasteiger partial charge in [0.15, 0.2) is 0 Å². The van der Waals surface area contributed by atoms with Crippen molar-refractivity contribution < 1.29 is 24.5 Å². The van der Waals surface area contributed by atoms with Crippen molar-refractivity contribution in [3.05, 3.63) is 65.3 Å². The molecule has 1 amide bonds. The molecule has 3 N–H and O–H groups in total. The van der Waals surface area contributed by atoms with Gasteiger partial charge in [-0.25, -0.2) is 4.79 Å². The Morgan fingerprint density at radius 2 is 2.08 bits per heavy atom. The van der Waals surface area contributed by atoms with Crippen molar-refractivity contribution in [3.8, 4) is 11.5 Å². The Hall–Kier alpha value is -3.35. The fourth-order valence-electron chi connectivity index (χ4n) is 3.45. The molecule has 2 aromatic rings. The summed E-state index contributed by atoms with van der Waals surface area (Å²) in [6, 6.07) is 8.02. The van der Waals surface area contributed by atoms with Gasteiger partial charge in [0.2, 0.25) is 11.8 Å². The fraction of sp³-hybridized carbons (Fsp3) is 0.211. The first-order valence-corrected chi connectivity index (χ1v) is 8.07. The maximum absolute atomic E-state index is 12.2. The topological polar surface area (TPSA) is 109 Å². The number of aliphatic carboxylic acids is 1. The minimum atomic E-state index is -1.21. The van der Waals surface area contributed by atoms with Crippen molar-refractivity contribution in [2.24, 2.45) is 0 Å². The molecule has 1 aliphatic rings. The highest BCUT2D eigenvalue weighted by Gasteiger charge is 2.48. The molecule has 0 saturated carbocycles. The number of nitrogens with zero attached hydrogens (tertiary/aromatic N) is 1. The summed E-state index contributed by atoms with van der Waals surface area (Å²) in [6.07, 6.45) is 3.58. The van der Waals surface area contributed by atoms with E-state index in [4.69, 9.17) is 4.74 Å². The van der Waals surface area contributed by atoms with Gasteiger partial charge in [0.05, 0.1) is 5.41 Å². The molecule has 1 aliphatic heterocycles. The number of carbonyl (C=O) groups excluding carboxylic acids is 1. The van der Waals surface area contributed by atoms with Crippen LogP contribution in [0, 0.1) is 0 Å². The van der Waals surface area contributed by atoms with Crippen LogP contribution >= 0.6 is 0 Å². The molecule has 1 aromatic carbocycles. The van der Waals surface area contributed by atoms with Gasteiger partial charge in [0.25, 0.3) is 0 Å². The molecule has 26 heavy (non-hydrogen) atoms. The minimum Gasteiger partial charge on any atom is -0.508 e. The van der Waals surface area contributed by atoms with Gasteiger partial charge in [-0.2, -0.15) is 0 Å². The molecular weight excluding hydrogens is 336 g/mol. The number of nitrogens with one attached hydrogen (secondary N) is 1. The van der Waals surface area contributed by atoms with E-state index >= 15 is 0 Å². The number of carbonyl (C=O) groups is 2. The zero-order chi connectivity index (χ0) is 18.9. The number of carboxylic acid groups (broad SMARTS) is 1. The van der Waals surface area contributed by atoms with Crippen LogP contribution < -0.4 is 10.1 Å². The highest BCUT2D eigenvalue weighted by Crippen LogP contribution is 2.50. The molecule has 0 aliphatic carbocycles. The summed E-state index contributed by atoms with van der Waals surface area (Å²) < 4.78 is 5.66. The number of pyridine rings is 1. The summed E-state index contributed by atoms with van der Waals surface area (Å²) in [6.45, 7) is 3.12. The Bertz CT molecular complexity index is 907. The molecule has 1 unspecified atom stereocenters. The van der Waals surface area contributed by atoms with Crippen molar-refractivity contribution >= 4 is 11.9 Å². The van der Waals surface area contributed by atoms with Crippen molar-refractivity contribution in [3.63, 3.8) is 0 Å². The van der Waals surface area contributed by atoms with Crippen LogP contribution in [-0.4, -0.2) is 27.1 Å². The number of hydrogen-bond donors (Lipinski definition) is 3. The van der Waals surface area contributed by atoms with Gasteiger partial charge in [-0.05, 0) is 24.1 Å². The van der Waals surface area contributed by atoms with Crippen molar-refractivity contribution in [2.75, 3.05) is 0 Å². The quantitative estimate of drug-likeness (QED) is 0.777. The van der Waals surface area contributed by atoms with Gasteiger partial charge < -0.3 is 14.9 Å². The van der Waals surface area contributed by atoms with E-state index in [1.54, 1.807) is 30.6 Å². The third-order valence-corrected chi connectivity index (χ3v) is 4.48. The lowest BCUT2D eigenvalue weighted by Gasteiger charge is -2.39. The average molecular weight is 354 g/mol. The van der Waals surface area contributed by atoms with E-state index in [-0.39, 0.29) is 23.0 Å². The van der Waals surface area contributed by atoms with Gasteiger partial charge in [-0.3, -0.25) is 15.1 Å². The maximum Gasteiger partial charge on any atom is 0.338 e. The number of amides is 1. The molecular formula is C19H18N2O5. The number of ether oxygens (including phenoxy) is 1. The number of carboxylic acids is 1. The summed E-state index contributed by atoms with van der Waals surface area (Å²) >= 11 is 0. The predicted molar refractivity (Wildman–Crippen MR) is 92.5 cm³/mol. The monoisotopic (exact) mass is 354 g/mol. The van der Waals surface area contributed by atoms with E-state index in [0.717, 1.165) is 0 Å². The first-order chi connectivity index (χ1) is 12.4. The second-order valence-electron chi connectivity index (χ2n) is 5.97. The van der Waals surface area contributed by atoms with Crippen LogP contribution in [0.4, 0.5) is 0 Å². The molecule has 0 radical (unpaired) electrons. The van der Waals surface area contributed by atoms with E-state index in [2.05, 4.69) is 10.3 Å². The molecule has 0 saturated heterocycles. The number of benzene rings is 1. The Labute approximate surface area is 150 Å². The summed E-state index contributed by atoms with van der Waals surface area (Å²) in [5.41, 5.74) is 0.0517. The smallest absolute Gasteiger partial charge is 0.338 e. The second kappa shape index (κ2) is 6.51. The molecule has 3 rings (SSSR count).